The fourth-order valence-electron chi connectivity index (χ4n) is 4.86. The molecule has 1 aliphatic rings. The van der Waals surface area contributed by atoms with Crippen molar-refractivity contribution in [1.82, 2.24) is 4.98 Å². The van der Waals surface area contributed by atoms with Crippen molar-refractivity contribution in [2.45, 2.75) is 11.8 Å². The van der Waals surface area contributed by atoms with E-state index in [0.29, 0.717) is 0 Å². The van der Waals surface area contributed by atoms with Crippen LogP contribution in [0, 0.1) is 6.92 Å². The summed E-state index contributed by atoms with van der Waals surface area (Å²) in [5.41, 5.74) is 9.91. The second-order valence-corrected chi connectivity index (χ2v) is 8.73. The van der Waals surface area contributed by atoms with Gasteiger partial charge in [-0.05, 0) is 29.7 Å². The molecular formula is C29H20ClN. The summed E-state index contributed by atoms with van der Waals surface area (Å²) in [4.78, 5) is 4.38. The molecule has 0 fully saturated rings. The molecule has 6 rings (SSSR count). The minimum Gasteiger partial charge on any atom is -0.247 e. The van der Waals surface area contributed by atoms with Gasteiger partial charge >= 0.3 is 0 Å². The summed E-state index contributed by atoms with van der Waals surface area (Å²) in [5.74, 6) is 0. The molecule has 1 heterocycles. The van der Waals surface area contributed by atoms with Crippen molar-refractivity contribution in [3.05, 3.63) is 125 Å². The van der Waals surface area contributed by atoms with Gasteiger partial charge in [0.1, 0.15) is 4.87 Å². The average molecular weight is 418 g/mol. The number of halogens is 1. The number of pyridine rings is 1. The smallest absolute Gasteiger partial charge is 0.121 e. The molecule has 4 aromatic carbocycles. The minimum atomic E-state index is -0.769. The van der Waals surface area contributed by atoms with Crippen LogP contribution in [0.5, 0.6) is 0 Å². The zero-order valence-electron chi connectivity index (χ0n) is 17.1. The van der Waals surface area contributed by atoms with Crippen molar-refractivity contribution in [1.29, 1.82) is 0 Å². The Kier molecular flexibility index (Phi) is 4.03. The van der Waals surface area contributed by atoms with Crippen LogP contribution in [0.1, 0.15) is 22.3 Å². The summed E-state index contributed by atoms with van der Waals surface area (Å²) in [6.07, 6.45) is 0. The molecule has 0 radical (unpaired) electrons. The molecule has 0 amide bonds. The van der Waals surface area contributed by atoms with Gasteiger partial charge in [-0.25, -0.2) is 4.98 Å². The van der Waals surface area contributed by atoms with E-state index >= 15 is 0 Å². The maximum Gasteiger partial charge on any atom is 0.121 e. The first-order valence-corrected chi connectivity index (χ1v) is 10.9. The van der Waals surface area contributed by atoms with Gasteiger partial charge in [-0.2, -0.15) is 0 Å². The highest BCUT2D eigenvalue weighted by Gasteiger charge is 2.45. The highest BCUT2D eigenvalue weighted by Crippen LogP contribution is 2.58. The lowest BCUT2D eigenvalue weighted by molar-refractivity contribution is 0.920. The maximum atomic E-state index is 7.69. The van der Waals surface area contributed by atoms with E-state index in [1.54, 1.807) is 0 Å². The number of alkyl halides is 1. The van der Waals surface area contributed by atoms with Crippen LogP contribution >= 0.6 is 11.6 Å². The lowest BCUT2D eigenvalue weighted by atomic mass is 9.86. The molecule has 148 valence electrons. The van der Waals surface area contributed by atoms with E-state index in [4.69, 9.17) is 16.6 Å². The molecule has 0 saturated carbocycles. The Morgan fingerprint density at radius 1 is 0.710 bits per heavy atom. The normalized spacial score (nSPS) is 16.8. The Bertz CT molecular complexity index is 1440. The van der Waals surface area contributed by atoms with E-state index in [0.717, 1.165) is 50.0 Å². The van der Waals surface area contributed by atoms with Crippen molar-refractivity contribution in [2.75, 3.05) is 0 Å². The highest BCUT2D eigenvalue weighted by molar-refractivity contribution is 6.32. The summed E-state index contributed by atoms with van der Waals surface area (Å²) in [6, 6.07) is 35.8. The van der Waals surface area contributed by atoms with Gasteiger partial charge in [-0.1, -0.05) is 103 Å². The summed E-state index contributed by atoms with van der Waals surface area (Å²) in [5, 5.41) is 1.10. The van der Waals surface area contributed by atoms with Crippen molar-refractivity contribution >= 4 is 22.5 Å². The number of benzene rings is 4. The van der Waals surface area contributed by atoms with Crippen molar-refractivity contribution in [2.24, 2.45) is 0 Å². The topological polar surface area (TPSA) is 12.9 Å². The quantitative estimate of drug-likeness (QED) is 0.268. The molecule has 1 aromatic heterocycles. The molecule has 1 aliphatic carbocycles. The average Bonchev–Trinajstić information content (AvgIpc) is 3.10. The predicted molar refractivity (Wildman–Crippen MR) is 130 cm³/mol. The number of rotatable bonds is 2. The molecule has 0 saturated heterocycles. The molecule has 0 bridgehead atoms. The summed E-state index contributed by atoms with van der Waals surface area (Å²) in [6.45, 7) is 2.11. The summed E-state index contributed by atoms with van der Waals surface area (Å²) in [7, 11) is 0. The standard InChI is InChI=1S/C29H20ClN/c1-19-15-17-20(18-16-19)28-26-22-11-5-7-13-24(22)29(30,21-9-3-2-4-10-21)27(26)23-12-6-8-14-25(23)31-28/h2-18H,1H3. The first-order chi connectivity index (χ1) is 15.2. The first kappa shape index (κ1) is 18.4. The highest BCUT2D eigenvalue weighted by atomic mass is 35.5. The van der Waals surface area contributed by atoms with E-state index in [9.17, 15) is 0 Å². The first-order valence-electron chi connectivity index (χ1n) is 10.5. The van der Waals surface area contributed by atoms with E-state index in [1.165, 1.54) is 5.56 Å². The minimum absolute atomic E-state index is 0.769. The molecular weight excluding hydrogens is 398 g/mol. The Morgan fingerprint density at radius 2 is 1.39 bits per heavy atom. The van der Waals surface area contributed by atoms with Crippen molar-refractivity contribution in [3.8, 4) is 22.4 Å². The van der Waals surface area contributed by atoms with Crippen LogP contribution in [0.4, 0.5) is 0 Å². The molecule has 1 atom stereocenters. The fourth-order valence-corrected chi connectivity index (χ4v) is 5.34. The number of nitrogens with zero attached hydrogens (tertiary/aromatic N) is 1. The largest absolute Gasteiger partial charge is 0.247 e. The van der Waals surface area contributed by atoms with Gasteiger partial charge in [0.15, 0.2) is 0 Å². The van der Waals surface area contributed by atoms with Crippen molar-refractivity contribution < 1.29 is 0 Å². The lowest BCUT2D eigenvalue weighted by Gasteiger charge is -2.27. The summed E-state index contributed by atoms with van der Waals surface area (Å²) < 4.78 is 0. The zero-order valence-corrected chi connectivity index (χ0v) is 17.9. The lowest BCUT2D eigenvalue weighted by Crippen LogP contribution is -2.19. The van der Waals surface area contributed by atoms with E-state index in [-0.39, 0.29) is 0 Å². The van der Waals surface area contributed by atoms with Gasteiger partial charge in [0, 0.05) is 22.1 Å². The fraction of sp³-hybridized carbons (Fsp3) is 0.0690. The Hall–Kier alpha value is -3.42. The number of aryl methyl sites for hydroxylation is 1. The van der Waals surface area contributed by atoms with Crippen LogP contribution in [0.25, 0.3) is 33.3 Å². The Labute approximate surface area is 187 Å². The second-order valence-electron chi connectivity index (χ2n) is 8.16. The van der Waals surface area contributed by atoms with Crippen LogP contribution in [0.15, 0.2) is 103 Å². The molecule has 5 aromatic rings. The number of hydrogen-bond acceptors (Lipinski definition) is 1. The van der Waals surface area contributed by atoms with Crippen molar-refractivity contribution in [3.63, 3.8) is 0 Å². The van der Waals surface area contributed by atoms with E-state index in [2.05, 4.69) is 97.9 Å². The third-order valence-electron chi connectivity index (χ3n) is 6.30. The third-order valence-corrected chi connectivity index (χ3v) is 6.91. The van der Waals surface area contributed by atoms with Crippen LogP contribution in [-0.4, -0.2) is 4.98 Å². The third kappa shape index (κ3) is 2.60. The van der Waals surface area contributed by atoms with Crippen LogP contribution in [-0.2, 0) is 4.87 Å². The Morgan fingerprint density at radius 3 is 2.19 bits per heavy atom. The number of aromatic nitrogens is 1. The molecule has 0 N–H and O–H groups in total. The molecule has 1 unspecified atom stereocenters. The molecule has 0 aliphatic heterocycles. The maximum absolute atomic E-state index is 7.69. The van der Waals surface area contributed by atoms with Gasteiger partial charge in [0.2, 0.25) is 0 Å². The van der Waals surface area contributed by atoms with E-state index in [1.807, 2.05) is 12.1 Å². The van der Waals surface area contributed by atoms with Crippen LogP contribution in [0.3, 0.4) is 0 Å². The van der Waals surface area contributed by atoms with Gasteiger partial charge in [0.05, 0.1) is 11.2 Å². The predicted octanol–water partition coefficient (Wildman–Crippen LogP) is 7.72. The van der Waals surface area contributed by atoms with Crippen LogP contribution in [0.2, 0.25) is 0 Å². The van der Waals surface area contributed by atoms with E-state index < -0.39 is 4.87 Å². The summed E-state index contributed by atoms with van der Waals surface area (Å²) >= 11 is 7.69. The number of fused-ring (bicyclic) bond motifs is 5. The van der Waals surface area contributed by atoms with Gasteiger partial charge in [-0.3, -0.25) is 0 Å². The molecule has 0 spiro atoms. The van der Waals surface area contributed by atoms with Gasteiger partial charge < -0.3 is 0 Å². The number of hydrogen-bond donors (Lipinski definition) is 0. The monoisotopic (exact) mass is 417 g/mol. The van der Waals surface area contributed by atoms with Crippen LogP contribution < -0.4 is 0 Å². The Balaban J connectivity index is 1.81. The molecule has 2 heteroatoms. The van der Waals surface area contributed by atoms with Gasteiger partial charge in [0.25, 0.3) is 0 Å². The second kappa shape index (κ2) is 6.80. The molecule has 31 heavy (non-hydrogen) atoms. The molecule has 1 nitrogen and oxygen atoms in total. The SMILES string of the molecule is Cc1ccc(-c2nc3ccccc3c3c2-c2ccccc2C3(Cl)c2ccccc2)cc1. The zero-order chi connectivity index (χ0) is 21.0. The number of para-hydroxylation sites is 1. The van der Waals surface area contributed by atoms with Gasteiger partial charge in [-0.15, -0.1) is 11.6 Å².